The average Bonchev–Trinajstić information content (AvgIpc) is 2.25. The lowest BCUT2D eigenvalue weighted by Crippen LogP contribution is -2.29. The fourth-order valence-corrected chi connectivity index (χ4v) is 2.47. The topological polar surface area (TPSA) is 83.5 Å². The zero-order valence-electron chi connectivity index (χ0n) is 12.4. The number of aliphatic carboxylic acids is 1. The molecule has 0 aromatic heterocycles. The molecule has 0 unspecified atom stereocenters. The average molecular weight is 293 g/mol. The van der Waals surface area contributed by atoms with Gasteiger partial charge in [-0.15, -0.1) is 0 Å². The fraction of sp³-hybridized carbons (Fsp3) is 0.923. The molecule has 0 aliphatic rings. The minimum absolute atomic E-state index is 0.0394. The smallest absolute Gasteiger partial charge is 0.303 e. The van der Waals surface area contributed by atoms with Crippen LogP contribution in [-0.4, -0.2) is 43.6 Å². The van der Waals surface area contributed by atoms with E-state index in [0.29, 0.717) is 19.5 Å². The molecule has 0 rings (SSSR count). The Labute approximate surface area is 116 Å². The standard InChI is InChI=1S/C13H27NO4S/c1-11(2)19(17,18)10-9-14-8-7-13(3,4)6-5-12(15)16/h11,14H,5-10H2,1-4H3,(H,15,16). The molecule has 0 aromatic rings. The van der Waals surface area contributed by atoms with Crippen LogP contribution in [0.3, 0.4) is 0 Å². The first kappa shape index (κ1) is 18.4. The van der Waals surface area contributed by atoms with Crippen LogP contribution in [-0.2, 0) is 14.6 Å². The van der Waals surface area contributed by atoms with Crippen LogP contribution >= 0.6 is 0 Å². The summed E-state index contributed by atoms with van der Waals surface area (Å²) in [7, 11) is -2.98. The third kappa shape index (κ3) is 8.99. The number of hydrogen-bond donors (Lipinski definition) is 2. The summed E-state index contributed by atoms with van der Waals surface area (Å²) < 4.78 is 23.1. The molecule has 0 saturated carbocycles. The molecule has 2 N–H and O–H groups in total. The zero-order chi connectivity index (χ0) is 15.1. The SMILES string of the molecule is CC(C)S(=O)(=O)CCNCCC(C)(C)CCC(=O)O. The third-order valence-corrected chi connectivity index (χ3v) is 5.49. The molecule has 0 aromatic carbocycles. The van der Waals surface area contributed by atoms with E-state index in [2.05, 4.69) is 5.32 Å². The molecule has 0 saturated heterocycles. The van der Waals surface area contributed by atoms with Crippen molar-refractivity contribution in [1.82, 2.24) is 5.32 Å². The third-order valence-electron chi connectivity index (χ3n) is 3.28. The van der Waals surface area contributed by atoms with Gasteiger partial charge in [0.15, 0.2) is 9.84 Å². The minimum atomic E-state index is -2.98. The monoisotopic (exact) mass is 293 g/mol. The van der Waals surface area contributed by atoms with E-state index in [-0.39, 0.29) is 22.8 Å². The zero-order valence-corrected chi connectivity index (χ0v) is 13.2. The van der Waals surface area contributed by atoms with Crippen LogP contribution < -0.4 is 5.32 Å². The van der Waals surface area contributed by atoms with Gasteiger partial charge in [-0.05, 0) is 38.6 Å². The van der Waals surface area contributed by atoms with E-state index in [1.54, 1.807) is 13.8 Å². The van der Waals surface area contributed by atoms with Gasteiger partial charge < -0.3 is 10.4 Å². The first-order valence-corrected chi connectivity index (χ1v) is 8.42. The molecule has 0 amide bonds. The van der Waals surface area contributed by atoms with E-state index >= 15 is 0 Å². The molecule has 0 aliphatic carbocycles. The highest BCUT2D eigenvalue weighted by Crippen LogP contribution is 2.25. The Bertz CT molecular complexity index is 374. The summed E-state index contributed by atoms with van der Waals surface area (Å²) in [5.74, 6) is -0.621. The Morgan fingerprint density at radius 3 is 2.26 bits per heavy atom. The van der Waals surface area contributed by atoms with Crippen LogP contribution in [0.25, 0.3) is 0 Å². The number of carboxylic acids is 1. The largest absolute Gasteiger partial charge is 0.481 e. The van der Waals surface area contributed by atoms with Gasteiger partial charge in [0.1, 0.15) is 0 Å². The second kappa shape index (κ2) is 7.85. The van der Waals surface area contributed by atoms with Crippen molar-refractivity contribution in [3.05, 3.63) is 0 Å². The molecule has 5 nitrogen and oxygen atoms in total. The maximum atomic E-state index is 11.6. The lowest BCUT2D eigenvalue weighted by Gasteiger charge is -2.23. The van der Waals surface area contributed by atoms with E-state index in [1.807, 2.05) is 13.8 Å². The quantitative estimate of drug-likeness (QED) is 0.599. The van der Waals surface area contributed by atoms with Gasteiger partial charge in [-0.3, -0.25) is 4.79 Å². The van der Waals surface area contributed by atoms with Crippen molar-refractivity contribution < 1.29 is 18.3 Å². The maximum absolute atomic E-state index is 11.6. The molecule has 0 aliphatic heterocycles. The molecule has 19 heavy (non-hydrogen) atoms. The summed E-state index contributed by atoms with van der Waals surface area (Å²) in [6, 6.07) is 0. The lowest BCUT2D eigenvalue weighted by molar-refractivity contribution is -0.137. The van der Waals surface area contributed by atoms with Gasteiger partial charge in [0, 0.05) is 13.0 Å². The summed E-state index contributed by atoms with van der Waals surface area (Å²) in [6.07, 6.45) is 1.64. The van der Waals surface area contributed by atoms with Crippen molar-refractivity contribution >= 4 is 15.8 Å². The first-order valence-electron chi connectivity index (χ1n) is 6.71. The van der Waals surface area contributed by atoms with Gasteiger partial charge >= 0.3 is 5.97 Å². The molecular formula is C13H27NO4S. The van der Waals surface area contributed by atoms with Crippen LogP contribution in [0.15, 0.2) is 0 Å². The van der Waals surface area contributed by atoms with Crippen molar-refractivity contribution in [3.8, 4) is 0 Å². The van der Waals surface area contributed by atoms with Crippen molar-refractivity contribution in [2.24, 2.45) is 5.41 Å². The van der Waals surface area contributed by atoms with Gasteiger partial charge in [-0.1, -0.05) is 13.8 Å². The van der Waals surface area contributed by atoms with Crippen LogP contribution in [0.4, 0.5) is 0 Å². The predicted octanol–water partition coefficient (Wildman–Crippen LogP) is 1.68. The van der Waals surface area contributed by atoms with E-state index < -0.39 is 15.8 Å². The normalized spacial score (nSPS) is 12.9. The Morgan fingerprint density at radius 2 is 1.79 bits per heavy atom. The van der Waals surface area contributed by atoms with Gasteiger partial charge in [-0.2, -0.15) is 0 Å². The molecule has 6 heteroatoms. The van der Waals surface area contributed by atoms with Crippen LogP contribution in [0.5, 0.6) is 0 Å². The lowest BCUT2D eigenvalue weighted by atomic mass is 9.84. The number of rotatable bonds is 10. The van der Waals surface area contributed by atoms with Crippen molar-refractivity contribution in [1.29, 1.82) is 0 Å². The van der Waals surface area contributed by atoms with Crippen molar-refractivity contribution in [2.45, 2.75) is 52.2 Å². The summed E-state index contributed by atoms with van der Waals surface area (Å²) in [6.45, 7) is 8.59. The highest BCUT2D eigenvalue weighted by Gasteiger charge is 2.19. The van der Waals surface area contributed by atoms with Gasteiger partial charge in [0.05, 0.1) is 11.0 Å². The predicted molar refractivity (Wildman–Crippen MR) is 77.1 cm³/mol. The number of nitrogens with one attached hydrogen (secondary N) is 1. The number of carbonyl (C=O) groups is 1. The second-order valence-electron chi connectivity index (χ2n) is 5.97. The molecule has 114 valence electrons. The minimum Gasteiger partial charge on any atom is -0.481 e. The van der Waals surface area contributed by atoms with Gasteiger partial charge in [0.25, 0.3) is 0 Å². The molecule has 0 bridgehead atoms. The second-order valence-corrected chi connectivity index (χ2v) is 8.65. The van der Waals surface area contributed by atoms with Gasteiger partial charge in [0.2, 0.25) is 0 Å². The molecular weight excluding hydrogens is 266 g/mol. The van der Waals surface area contributed by atoms with Gasteiger partial charge in [-0.25, -0.2) is 8.42 Å². The summed E-state index contributed by atoms with van der Waals surface area (Å²) in [5, 5.41) is 11.4. The Hall–Kier alpha value is -0.620. The highest BCUT2D eigenvalue weighted by molar-refractivity contribution is 7.92. The van der Waals surface area contributed by atoms with E-state index in [4.69, 9.17) is 5.11 Å². The molecule has 0 radical (unpaired) electrons. The fourth-order valence-electron chi connectivity index (χ4n) is 1.57. The van der Waals surface area contributed by atoms with Crippen LogP contribution in [0.2, 0.25) is 0 Å². The van der Waals surface area contributed by atoms with E-state index in [0.717, 1.165) is 6.42 Å². The molecule has 0 spiro atoms. The Morgan fingerprint density at radius 1 is 1.21 bits per heavy atom. The van der Waals surface area contributed by atoms with Crippen LogP contribution in [0, 0.1) is 5.41 Å². The number of hydrogen-bond acceptors (Lipinski definition) is 4. The number of sulfone groups is 1. The molecule has 0 heterocycles. The number of carboxylic acid groups (broad SMARTS) is 1. The van der Waals surface area contributed by atoms with Crippen molar-refractivity contribution in [2.75, 3.05) is 18.8 Å². The summed E-state index contributed by atoms with van der Waals surface area (Å²) >= 11 is 0. The van der Waals surface area contributed by atoms with Crippen molar-refractivity contribution in [3.63, 3.8) is 0 Å². The van der Waals surface area contributed by atoms with E-state index in [9.17, 15) is 13.2 Å². The highest BCUT2D eigenvalue weighted by atomic mass is 32.2. The Kier molecular flexibility index (Phi) is 7.59. The first-order chi connectivity index (χ1) is 8.57. The van der Waals surface area contributed by atoms with Crippen LogP contribution in [0.1, 0.15) is 47.0 Å². The van der Waals surface area contributed by atoms with E-state index in [1.165, 1.54) is 0 Å². The maximum Gasteiger partial charge on any atom is 0.303 e. The summed E-state index contributed by atoms with van der Waals surface area (Å²) in [5.41, 5.74) is -0.0394. The summed E-state index contributed by atoms with van der Waals surface area (Å²) in [4.78, 5) is 10.5. The molecule has 0 atom stereocenters. The Balaban J connectivity index is 3.83. The molecule has 0 fully saturated rings.